The Morgan fingerprint density at radius 1 is 0.943 bits per heavy atom. The van der Waals surface area contributed by atoms with Gasteiger partial charge in [0.2, 0.25) is 11.8 Å². The number of aliphatic hydroxyl groups excluding tert-OH is 1. The molecule has 9 heteroatoms. The summed E-state index contributed by atoms with van der Waals surface area (Å²) in [4.78, 5) is 47.1. The van der Waals surface area contributed by atoms with Crippen LogP contribution in [-0.4, -0.2) is 60.1 Å². The van der Waals surface area contributed by atoms with E-state index in [0.29, 0.717) is 25.9 Å². The minimum atomic E-state index is -1.31. The number of fused-ring (bicyclic) bond motifs is 3. The van der Waals surface area contributed by atoms with Gasteiger partial charge < -0.3 is 29.3 Å². The maximum atomic E-state index is 15.1. The second-order valence-electron chi connectivity index (χ2n) is 15.6. The number of β-lactam (4-membered cyclic amide) rings is 1. The molecule has 1 N–H and O–H groups in total. The molecule has 4 aromatic carbocycles. The van der Waals surface area contributed by atoms with Crippen LogP contribution < -0.4 is 14.5 Å². The van der Waals surface area contributed by atoms with E-state index in [9.17, 15) is 14.7 Å². The molecule has 0 radical (unpaired) electrons. The van der Waals surface area contributed by atoms with Gasteiger partial charge in [0, 0.05) is 42.6 Å². The lowest BCUT2D eigenvalue weighted by Gasteiger charge is -2.40. The highest BCUT2D eigenvalue weighted by molar-refractivity contribution is 6.07. The number of para-hydroxylation sites is 1. The number of methoxy groups -OCH3 is 1. The third-order valence-corrected chi connectivity index (χ3v) is 12.4. The molecule has 8 rings (SSSR count). The average Bonchev–Trinajstić information content (AvgIpc) is 3.60. The van der Waals surface area contributed by atoms with E-state index in [2.05, 4.69) is 39.0 Å². The van der Waals surface area contributed by atoms with Crippen molar-refractivity contribution >= 4 is 29.1 Å². The van der Waals surface area contributed by atoms with Crippen LogP contribution in [0.15, 0.2) is 97.1 Å². The zero-order valence-electron chi connectivity index (χ0n) is 30.8. The number of carbonyl (C=O) groups excluding carboxylic acids is 3. The molecule has 4 heterocycles. The van der Waals surface area contributed by atoms with Crippen molar-refractivity contribution in [3.63, 3.8) is 0 Å². The highest BCUT2D eigenvalue weighted by Crippen LogP contribution is 2.60. The molecule has 5 atom stereocenters. The zero-order chi connectivity index (χ0) is 37.1. The second-order valence-corrected chi connectivity index (χ2v) is 15.6. The molecule has 4 aliphatic heterocycles. The molecule has 9 nitrogen and oxygen atoms in total. The average molecular weight is 714 g/mol. The van der Waals surface area contributed by atoms with Gasteiger partial charge in [-0.15, -0.1) is 0 Å². The third kappa shape index (κ3) is 5.72. The van der Waals surface area contributed by atoms with Crippen LogP contribution >= 0.6 is 0 Å². The zero-order valence-corrected chi connectivity index (χ0v) is 30.8. The molecule has 0 aromatic heterocycles. The molecule has 274 valence electrons. The number of hydrogen-bond donors (Lipinski definition) is 1. The summed E-state index contributed by atoms with van der Waals surface area (Å²) in [5.41, 5.74) is 4.87. The van der Waals surface area contributed by atoms with E-state index >= 15 is 4.79 Å². The van der Waals surface area contributed by atoms with Crippen LogP contribution in [0.4, 0.5) is 11.4 Å². The Labute approximate surface area is 311 Å². The molecular formula is C44H47N3O6. The van der Waals surface area contributed by atoms with E-state index in [4.69, 9.17) is 9.47 Å². The van der Waals surface area contributed by atoms with Gasteiger partial charge >= 0.3 is 0 Å². The Morgan fingerprint density at radius 3 is 2.30 bits per heavy atom. The van der Waals surface area contributed by atoms with Gasteiger partial charge in [-0.25, -0.2) is 0 Å². The van der Waals surface area contributed by atoms with Crippen molar-refractivity contribution in [2.75, 3.05) is 30.1 Å². The number of amides is 3. The maximum Gasteiger partial charge on any atom is 0.264 e. The highest BCUT2D eigenvalue weighted by atomic mass is 16.5. The highest BCUT2D eigenvalue weighted by Gasteiger charge is 2.66. The Kier molecular flexibility index (Phi) is 8.90. The molecular weight excluding hydrogens is 666 g/mol. The number of nitrogens with zero attached hydrogens (tertiary/aromatic N) is 3. The summed E-state index contributed by atoms with van der Waals surface area (Å²) >= 11 is 0. The number of aliphatic hydroxyl groups is 1. The van der Waals surface area contributed by atoms with Crippen molar-refractivity contribution in [2.24, 2.45) is 11.8 Å². The van der Waals surface area contributed by atoms with Crippen LogP contribution in [0, 0.1) is 11.8 Å². The number of benzene rings is 4. The van der Waals surface area contributed by atoms with E-state index in [-0.39, 0.29) is 48.6 Å². The summed E-state index contributed by atoms with van der Waals surface area (Å²) in [6.07, 6.45) is 0.622. The van der Waals surface area contributed by atoms with Gasteiger partial charge in [-0.2, -0.15) is 0 Å². The lowest BCUT2D eigenvalue weighted by molar-refractivity contribution is -0.151. The standard InChI is InChI=1S/C44H47N3O6/c1-28-41(43(2,3)32-15-19-35(52-4)20-16-32)38(24-40(50)46-26-31-10-6-5-9-30(31)23-34(46)27-48)53-44(28)36-11-7-8-12-37(36)47(42(44)51)25-29-13-17-33(18-14-29)45-22-21-39(45)49/h5-20,28,34,38,41,48H,21-27H2,1-4H3/t28-,34+,38+,41-,44+/m1/s1. The molecule has 3 amide bonds. The fourth-order valence-electron chi connectivity index (χ4n) is 9.51. The van der Waals surface area contributed by atoms with Crippen LogP contribution in [0.3, 0.4) is 0 Å². The van der Waals surface area contributed by atoms with Gasteiger partial charge in [0.05, 0.1) is 44.5 Å². The molecule has 1 spiro atoms. The predicted molar refractivity (Wildman–Crippen MR) is 202 cm³/mol. The minimum absolute atomic E-state index is 0.0706. The normalized spacial score (nSPS) is 25.0. The Hall–Kier alpha value is -4.99. The van der Waals surface area contributed by atoms with Gasteiger partial charge in [0.15, 0.2) is 5.60 Å². The molecule has 2 saturated heterocycles. The first-order chi connectivity index (χ1) is 25.6. The summed E-state index contributed by atoms with van der Waals surface area (Å²) in [6.45, 7) is 7.79. The van der Waals surface area contributed by atoms with Gasteiger partial charge in [-0.05, 0) is 64.4 Å². The molecule has 0 aliphatic carbocycles. The van der Waals surface area contributed by atoms with Crippen LogP contribution in [0.5, 0.6) is 5.75 Å². The van der Waals surface area contributed by atoms with Gasteiger partial charge in [0.25, 0.3) is 5.91 Å². The second kappa shape index (κ2) is 13.5. The Morgan fingerprint density at radius 2 is 1.64 bits per heavy atom. The number of rotatable bonds is 9. The quantitative estimate of drug-likeness (QED) is 0.210. The smallest absolute Gasteiger partial charge is 0.264 e. The van der Waals surface area contributed by atoms with E-state index in [0.717, 1.165) is 51.5 Å². The van der Waals surface area contributed by atoms with E-state index in [1.54, 1.807) is 16.9 Å². The summed E-state index contributed by atoms with van der Waals surface area (Å²) in [5, 5.41) is 10.4. The maximum absolute atomic E-state index is 15.1. The first-order valence-electron chi connectivity index (χ1n) is 18.7. The van der Waals surface area contributed by atoms with Crippen molar-refractivity contribution in [1.29, 1.82) is 0 Å². The summed E-state index contributed by atoms with van der Waals surface area (Å²) < 4.78 is 12.7. The summed E-state index contributed by atoms with van der Waals surface area (Å²) in [5.74, 6) is 0.0803. The number of hydrogen-bond acceptors (Lipinski definition) is 6. The number of ether oxygens (including phenoxy) is 2. The van der Waals surface area contributed by atoms with Crippen molar-refractivity contribution < 1.29 is 29.0 Å². The predicted octanol–water partition coefficient (Wildman–Crippen LogP) is 6.14. The van der Waals surface area contributed by atoms with E-state index in [1.807, 2.05) is 83.8 Å². The molecule has 0 unspecified atom stereocenters. The fraction of sp³-hybridized carbons (Fsp3) is 0.386. The summed E-state index contributed by atoms with van der Waals surface area (Å²) in [6, 6.07) is 31.5. The largest absolute Gasteiger partial charge is 0.497 e. The lowest BCUT2D eigenvalue weighted by atomic mass is 9.63. The van der Waals surface area contributed by atoms with Crippen LogP contribution in [0.1, 0.15) is 61.4 Å². The molecule has 4 aliphatic rings. The number of anilines is 2. The Bertz CT molecular complexity index is 2040. The Balaban J connectivity index is 1.15. The lowest BCUT2D eigenvalue weighted by Crippen LogP contribution is -2.48. The fourth-order valence-corrected chi connectivity index (χ4v) is 9.51. The third-order valence-electron chi connectivity index (χ3n) is 12.4. The van der Waals surface area contributed by atoms with Crippen molar-refractivity contribution in [3.05, 3.63) is 125 Å². The van der Waals surface area contributed by atoms with Crippen LogP contribution in [0.2, 0.25) is 0 Å². The van der Waals surface area contributed by atoms with E-state index < -0.39 is 17.1 Å². The molecule has 4 aromatic rings. The SMILES string of the molecule is COc1ccc(C(C)(C)[C@H]2[C@H](CC(=O)N3Cc4ccccc4C[C@H]3CO)O[C@@]3(C(=O)N(Cc4ccc(N5CCC5=O)cc4)c4ccccc43)[C@@H]2C)cc1. The topological polar surface area (TPSA) is 99.6 Å². The molecule has 2 fully saturated rings. The van der Waals surface area contributed by atoms with Crippen molar-refractivity contribution in [1.82, 2.24) is 4.90 Å². The van der Waals surface area contributed by atoms with E-state index in [1.165, 1.54) is 0 Å². The number of carbonyl (C=O) groups is 3. The van der Waals surface area contributed by atoms with Gasteiger partial charge in [0.1, 0.15) is 5.75 Å². The van der Waals surface area contributed by atoms with Crippen LogP contribution in [0.25, 0.3) is 0 Å². The summed E-state index contributed by atoms with van der Waals surface area (Å²) in [7, 11) is 1.65. The minimum Gasteiger partial charge on any atom is -0.497 e. The van der Waals surface area contributed by atoms with Crippen LogP contribution in [-0.2, 0) is 49.6 Å². The van der Waals surface area contributed by atoms with Crippen molar-refractivity contribution in [3.8, 4) is 5.75 Å². The van der Waals surface area contributed by atoms with Gasteiger partial charge in [-0.3, -0.25) is 14.4 Å². The molecule has 0 saturated carbocycles. The van der Waals surface area contributed by atoms with Crippen molar-refractivity contribution in [2.45, 2.75) is 76.3 Å². The van der Waals surface area contributed by atoms with Gasteiger partial charge in [-0.1, -0.05) is 87.5 Å². The monoisotopic (exact) mass is 713 g/mol. The first-order valence-corrected chi connectivity index (χ1v) is 18.7. The first kappa shape index (κ1) is 35.1. The molecule has 0 bridgehead atoms. The molecule has 53 heavy (non-hydrogen) atoms.